The first-order valence-electron chi connectivity index (χ1n) is 12.3. The van der Waals surface area contributed by atoms with Crippen molar-refractivity contribution in [3.8, 4) is 0 Å². The van der Waals surface area contributed by atoms with Gasteiger partial charge in [-0.2, -0.15) is 0 Å². The van der Waals surface area contributed by atoms with Crippen LogP contribution in [-0.2, 0) is 0 Å². The molecule has 0 unspecified atom stereocenters. The fourth-order valence-electron chi connectivity index (χ4n) is 8.25. The van der Waals surface area contributed by atoms with Crippen LogP contribution < -0.4 is 0 Å². The predicted molar refractivity (Wildman–Crippen MR) is 119 cm³/mol. The summed E-state index contributed by atoms with van der Waals surface area (Å²) in [6.45, 7) is 12.3. The summed E-state index contributed by atoms with van der Waals surface area (Å²) in [6, 6.07) is 0. The van der Waals surface area contributed by atoms with Gasteiger partial charge in [0, 0.05) is 0 Å². The molecular weight excluding hydrogens is 340 g/mol. The highest BCUT2D eigenvalue weighted by Gasteiger charge is 2.58. The van der Waals surface area contributed by atoms with Gasteiger partial charge in [0.2, 0.25) is 0 Å². The highest BCUT2D eigenvalue weighted by molar-refractivity contribution is 5.25. The molecule has 1 nitrogen and oxygen atoms in total. The van der Waals surface area contributed by atoms with Crippen molar-refractivity contribution in [3.63, 3.8) is 0 Å². The van der Waals surface area contributed by atoms with Gasteiger partial charge in [-0.25, -0.2) is 0 Å². The molecule has 1 heteroatoms. The normalized spacial score (nSPS) is 46.8. The summed E-state index contributed by atoms with van der Waals surface area (Å²) in [5, 5.41) is 10.2. The minimum atomic E-state index is -0.0842. The smallest absolute Gasteiger partial charge is 0.0577 e. The Morgan fingerprint density at radius 2 is 1.86 bits per heavy atom. The molecule has 0 bridgehead atoms. The lowest BCUT2D eigenvalue weighted by Crippen LogP contribution is -2.50. The van der Waals surface area contributed by atoms with E-state index in [4.69, 9.17) is 0 Å². The topological polar surface area (TPSA) is 20.2 Å². The highest BCUT2D eigenvalue weighted by atomic mass is 16.3. The maximum atomic E-state index is 10.2. The third-order valence-electron chi connectivity index (χ3n) is 9.83. The Bertz CT molecular complexity index is 630. The zero-order valence-corrected chi connectivity index (χ0v) is 19.1. The van der Waals surface area contributed by atoms with Crippen LogP contribution in [0.5, 0.6) is 0 Å². The highest BCUT2D eigenvalue weighted by Crippen LogP contribution is 2.67. The van der Waals surface area contributed by atoms with E-state index in [0.29, 0.717) is 10.8 Å². The van der Waals surface area contributed by atoms with Gasteiger partial charge >= 0.3 is 0 Å². The number of fused-ring (bicyclic) bond motifs is 5. The number of rotatable bonds is 4. The van der Waals surface area contributed by atoms with Crippen molar-refractivity contribution in [2.75, 3.05) is 0 Å². The third kappa shape index (κ3) is 3.34. The van der Waals surface area contributed by atoms with Gasteiger partial charge in [0.15, 0.2) is 0 Å². The molecule has 0 spiro atoms. The first-order valence-corrected chi connectivity index (χ1v) is 12.3. The van der Waals surface area contributed by atoms with Gasteiger partial charge < -0.3 is 5.11 Å². The number of aliphatic hydroxyl groups excluding tert-OH is 1. The molecule has 1 N–H and O–H groups in total. The van der Waals surface area contributed by atoms with Crippen LogP contribution in [0.4, 0.5) is 0 Å². The van der Waals surface area contributed by atoms with E-state index in [1.54, 1.807) is 5.57 Å². The number of allylic oxidation sites excluding steroid dienone is 3. The van der Waals surface area contributed by atoms with Gasteiger partial charge in [0.25, 0.3) is 0 Å². The lowest BCUT2D eigenvalue weighted by Gasteiger charge is -2.58. The molecule has 3 fully saturated rings. The Hall–Kier alpha value is -0.560. The molecule has 158 valence electrons. The van der Waals surface area contributed by atoms with E-state index in [0.717, 1.165) is 48.3 Å². The second kappa shape index (κ2) is 7.60. The summed E-state index contributed by atoms with van der Waals surface area (Å²) in [5.41, 5.74) is 2.53. The lowest BCUT2D eigenvalue weighted by atomic mass is 9.47. The minimum absolute atomic E-state index is 0.0842. The number of aliphatic hydroxyl groups is 1. The monoisotopic (exact) mass is 384 g/mol. The van der Waals surface area contributed by atoms with E-state index in [-0.39, 0.29) is 6.10 Å². The van der Waals surface area contributed by atoms with Crippen LogP contribution in [0.1, 0.15) is 92.4 Å². The number of hydrogen-bond donors (Lipinski definition) is 1. The fraction of sp³-hybridized carbons (Fsp3) is 0.852. The van der Waals surface area contributed by atoms with Gasteiger partial charge in [-0.15, -0.1) is 0 Å². The molecule has 0 aromatic rings. The number of hydrogen-bond acceptors (Lipinski definition) is 1. The van der Waals surface area contributed by atoms with Crippen molar-refractivity contribution < 1.29 is 5.11 Å². The average Bonchev–Trinajstić information content (AvgIpc) is 2.99. The van der Waals surface area contributed by atoms with Crippen LogP contribution in [-0.4, -0.2) is 11.2 Å². The van der Waals surface area contributed by atoms with Gasteiger partial charge in [0.05, 0.1) is 6.10 Å². The van der Waals surface area contributed by atoms with Crippen molar-refractivity contribution in [2.45, 2.75) is 98.5 Å². The van der Waals surface area contributed by atoms with E-state index < -0.39 is 0 Å². The summed E-state index contributed by atoms with van der Waals surface area (Å²) < 4.78 is 0. The van der Waals surface area contributed by atoms with Crippen molar-refractivity contribution in [1.29, 1.82) is 0 Å². The van der Waals surface area contributed by atoms with Crippen LogP contribution in [0.15, 0.2) is 23.8 Å². The zero-order valence-electron chi connectivity index (χ0n) is 19.1. The molecule has 4 aliphatic rings. The Balaban J connectivity index is 1.53. The first kappa shape index (κ1) is 20.7. The molecule has 0 aromatic heterocycles. The summed E-state index contributed by atoms with van der Waals surface area (Å²) in [4.78, 5) is 0. The maximum absolute atomic E-state index is 10.2. The average molecular weight is 385 g/mol. The summed E-state index contributed by atoms with van der Waals surface area (Å²) >= 11 is 0. The van der Waals surface area contributed by atoms with Crippen LogP contribution in [0.3, 0.4) is 0 Å². The third-order valence-corrected chi connectivity index (χ3v) is 9.83. The second-order valence-electron chi connectivity index (χ2n) is 11.8. The molecule has 0 aromatic carbocycles. The molecule has 0 amide bonds. The van der Waals surface area contributed by atoms with Crippen molar-refractivity contribution in [3.05, 3.63) is 23.8 Å². The van der Waals surface area contributed by atoms with Crippen LogP contribution >= 0.6 is 0 Å². The van der Waals surface area contributed by atoms with Crippen LogP contribution in [0.25, 0.3) is 0 Å². The molecule has 0 aliphatic heterocycles. The fourth-order valence-corrected chi connectivity index (χ4v) is 8.25. The molecule has 4 aliphatic carbocycles. The molecule has 28 heavy (non-hydrogen) atoms. The molecule has 3 saturated carbocycles. The largest absolute Gasteiger partial charge is 0.393 e. The molecule has 4 rings (SSSR count). The Morgan fingerprint density at radius 3 is 2.61 bits per heavy atom. The van der Waals surface area contributed by atoms with E-state index in [9.17, 15) is 5.11 Å². The summed E-state index contributed by atoms with van der Waals surface area (Å²) in [6.07, 6.45) is 18.9. The van der Waals surface area contributed by atoms with Crippen molar-refractivity contribution in [2.24, 2.45) is 46.3 Å². The van der Waals surface area contributed by atoms with Gasteiger partial charge in [-0.05, 0) is 104 Å². The Kier molecular flexibility index (Phi) is 5.62. The van der Waals surface area contributed by atoms with E-state index in [2.05, 4.69) is 52.8 Å². The van der Waals surface area contributed by atoms with Crippen molar-refractivity contribution >= 4 is 0 Å². The van der Waals surface area contributed by atoms with E-state index in [1.807, 2.05) is 0 Å². The predicted octanol–water partition coefficient (Wildman–Crippen LogP) is 7.16. The molecule has 0 radical (unpaired) electrons. The Labute approximate surface area is 174 Å². The van der Waals surface area contributed by atoms with Gasteiger partial charge in [-0.1, -0.05) is 58.4 Å². The molecular formula is C27H44O. The van der Waals surface area contributed by atoms with Crippen molar-refractivity contribution in [1.82, 2.24) is 0 Å². The Morgan fingerprint density at radius 1 is 1.07 bits per heavy atom. The molecule has 0 saturated heterocycles. The van der Waals surface area contributed by atoms with E-state index in [1.165, 1.54) is 44.9 Å². The first-order chi connectivity index (χ1) is 13.3. The zero-order chi connectivity index (χ0) is 20.1. The summed E-state index contributed by atoms with van der Waals surface area (Å²) in [7, 11) is 0. The quantitative estimate of drug-likeness (QED) is 0.510. The van der Waals surface area contributed by atoms with Gasteiger partial charge in [0.1, 0.15) is 0 Å². The van der Waals surface area contributed by atoms with Crippen LogP contribution in [0.2, 0.25) is 0 Å². The van der Waals surface area contributed by atoms with E-state index >= 15 is 0 Å². The standard InChI is InChI=1S/C27H44O/c1-18(2)7-6-8-19(3)23-11-12-24-22-10-9-20-17-21(28)13-15-26(20,4)25(22)14-16-27(23,24)5/h6,8-9,18-19,21-25,28H,7,10-17H2,1-5H3/b8-6+/t19-,21-,22-,23+,24-,25+,26-,27+/m0/s1. The molecule has 0 heterocycles. The summed E-state index contributed by atoms with van der Waals surface area (Å²) in [5.74, 6) is 5.03. The minimum Gasteiger partial charge on any atom is -0.393 e. The SMILES string of the molecule is CC(C)C/C=C/[C@H](C)[C@H]1CC[C@H]2[C@@H]3CC=C4C[C@@H](O)CC[C@]4(C)[C@@H]3CC[C@]12C. The van der Waals surface area contributed by atoms with Crippen LogP contribution in [0, 0.1) is 46.3 Å². The second-order valence-corrected chi connectivity index (χ2v) is 11.8. The maximum Gasteiger partial charge on any atom is 0.0577 e. The molecule has 8 atom stereocenters. The van der Waals surface area contributed by atoms with Gasteiger partial charge in [-0.3, -0.25) is 0 Å². The lowest BCUT2D eigenvalue weighted by molar-refractivity contribution is -0.0540.